The van der Waals surface area contributed by atoms with Crippen LogP contribution < -0.4 is 10.6 Å². The van der Waals surface area contributed by atoms with Crippen molar-refractivity contribution in [2.24, 2.45) is 0 Å². The summed E-state index contributed by atoms with van der Waals surface area (Å²) in [6.07, 6.45) is 3.93. The zero-order valence-electron chi connectivity index (χ0n) is 17.6. The summed E-state index contributed by atoms with van der Waals surface area (Å²) in [6.45, 7) is 1.04. The maximum atomic E-state index is 13.0. The molecule has 9 nitrogen and oxygen atoms in total. The molecule has 1 saturated heterocycles. The molecule has 0 radical (unpaired) electrons. The highest BCUT2D eigenvalue weighted by molar-refractivity contribution is 5.96. The van der Waals surface area contributed by atoms with Crippen LogP contribution in [0, 0.1) is 0 Å². The molecule has 166 valence electrons. The molecule has 1 fully saturated rings. The number of nitrogens with zero attached hydrogens (tertiary/aromatic N) is 3. The van der Waals surface area contributed by atoms with Crippen LogP contribution in [-0.4, -0.2) is 51.9 Å². The summed E-state index contributed by atoms with van der Waals surface area (Å²) in [5.74, 6) is -0.620. The van der Waals surface area contributed by atoms with E-state index in [1.165, 1.54) is 6.33 Å². The predicted octanol–water partition coefficient (Wildman–Crippen LogP) is 2.09. The van der Waals surface area contributed by atoms with E-state index < -0.39 is 5.60 Å². The van der Waals surface area contributed by atoms with Crippen LogP contribution in [0.5, 0.6) is 0 Å². The minimum Gasteiger partial charge on any atom is -0.381 e. The first-order valence-corrected chi connectivity index (χ1v) is 10.4. The summed E-state index contributed by atoms with van der Waals surface area (Å²) in [5.41, 5.74) is 1.42. The molecule has 2 aromatic carbocycles. The predicted molar refractivity (Wildman–Crippen MR) is 117 cm³/mol. The number of aromatic nitrogens is 3. The normalized spacial score (nSPS) is 15.1. The van der Waals surface area contributed by atoms with Crippen LogP contribution in [0.3, 0.4) is 0 Å². The first-order chi connectivity index (χ1) is 15.6. The van der Waals surface area contributed by atoms with Crippen molar-refractivity contribution >= 4 is 17.5 Å². The molecule has 1 aromatic heterocycles. The van der Waals surface area contributed by atoms with E-state index in [1.807, 2.05) is 42.5 Å². The summed E-state index contributed by atoms with van der Waals surface area (Å²) in [7, 11) is 0. The summed E-state index contributed by atoms with van der Waals surface area (Å²) in [5, 5.41) is 9.57. The van der Waals surface area contributed by atoms with E-state index >= 15 is 0 Å². The van der Waals surface area contributed by atoms with Crippen LogP contribution in [0.4, 0.5) is 5.69 Å². The fourth-order valence-electron chi connectivity index (χ4n) is 3.50. The van der Waals surface area contributed by atoms with Gasteiger partial charge in [-0.05, 0) is 29.8 Å². The minimum atomic E-state index is -1.01. The molecule has 0 saturated carbocycles. The van der Waals surface area contributed by atoms with E-state index in [4.69, 9.17) is 9.47 Å². The highest BCUT2D eigenvalue weighted by Gasteiger charge is 2.41. The summed E-state index contributed by atoms with van der Waals surface area (Å²) in [4.78, 5) is 29.3. The Morgan fingerprint density at radius 3 is 2.50 bits per heavy atom. The minimum absolute atomic E-state index is 0.152. The molecule has 0 aliphatic carbocycles. The number of carbonyl (C=O) groups is 2. The SMILES string of the molecule is O=C(CNC(=O)C1(OCc2ccccc2)CCOCC1)Nc1ccc(-n2cncn2)cc1. The Morgan fingerprint density at radius 2 is 1.81 bits per heavy atom. The van der Waals surface area contributed by atoms with Crippen molar-refractivity contribution in [2.75, 3.05) is 25.1 Å². The Labute approximate surface area is 185 Å². The molecular weight excluding hydrogens is 410 g/mol. The number of nitrogens with one attached hydrogen (secondary N) is 2. The molecule has 0 bridgehead atoms. The average molecular weight is 435 g/mol. The Morgan fingerprint density at radius 1 is 1.06 bits per heavy atom. The van der Waals surface area contributed by atoms with Gasteiger partial charge in [-0.1, -0.05) is 30.3 Å². The monoisotopic (exact) mass is 435 g/mol. The van der Waals surface area contributed by atoms with Crippen molar-refractivity contribution in [3.8, 4) is 5.69 Å². The van der Waals surface area contributed by atoms with Crippen LogP contribution in [0.1, 0.15) is 18.4 Å². The number of rotatable bonds is 8. The standard InChI is InChI=1S/C23H25N5O4/c29-21(27-19-6-8-20(9-7-19)28-17-24-16-26-28)14-25-22(30)23(10-12-31-13-11-23)32-15-18-4-2-1-3-5-18/h1-9,16-17H,10-15H2,(H,25,30)(H,27,29). The van der Waals surface area contributed by atoms with Crippen molar-refractivity contribution in [1.82, 2.24) is 20.1 Å². The molecular formula is C23H25N5O4. The largest absolute Gasteiger partial charge is 0.381 e. The quantitative estimate of drug-likeness (QED) is 0.561. The molecule has 32 heavy (non-hydrogen) atoms. The van der Waals surface area contributed by atoms with Crippen LogP contribution in [0.2, 0.25) is 0 Å². The third-order valence-electron chi connectivity index (χ3n) is 5.32. The Kier molecular flexibility index (Phi) is 6.88. The van der Waals surface area contributed by atoms with Gasteiger partial charge in [-0.25, -0.2) is 9.67 Å². The van der Waals surface area contributed by atoms with E-state index in [-0.39, 0.29) is 18.4 Å². The van der Waals surface area contributed by atoms with Crippen molar-refractivity contribution in [2.45, 2.75) is 25.0 Å². The second kappa shape index (κ2) is 10.2. The van der Waals surface area contributed by atoms with Crippen molar-refractivity contribution in [1.29, 1.82) is 0 Å². The summed E-state index contributed by atoms with van der Waals surface area (Å²) in [6, 6.07) is 16.9. The fourth-order valence-corrected chi connectivity index (χ4v) is 3.50. The van der Waals surface area contributed by atoms with Gasteiger partial charge in [0.15, 0.2) is 5.60 Å². The number of benzene rings is 2. The number of amides is 2. The summed E-state index contributed by atoms with van der Waals surface area (Å²) >= 11 is 0. The molecule has 4 rings (SSSR count). The third kappa shape index (κ3) is 5.37. The van der Waals surface area contributed by atoms with Gasteiger partial charge in [-0.2, -0.15) is 5.10 Å². The van der Waals surface area contributed by atoms with E-state index in [9.17, 15) is 9.59 Å². The lowest BCUT2D eigenvalue weighted by molar-refractivity contribution is -0.163. The van der Waals surface area contributed by atoms with Gasteiger partial charge in [0.2, 0.25) is 5.91 Å². The first kappa shape index (κ1) is 21.7. The lowest BCUT2D eigenvalue weighted by Gasteiger charge is -2.35. The number of anilines is 1. The molecule has 1 aliphatic rings. The maximum absolute atomic E-state index is 13.0. The zero-order valence-corrected chi connectivity index (χ0v) is 17.6. The van der Waals surface area contributed by atoms with E-state index in [0.717, 1.165) is 11.3 Å². The van der Waals surface area contributed by atoms with Gasteiger partial charge in [0.25, 0.3) is 5.91 Å². The van der Waals surface area contributed by atoms with E-state index in [0.29, 0.717) is 38.3 Å². The molecule has 2 N–H and O–H groups in total. The molecule has 3 aromatic rings. The van der Waals surface area contributed by atoms with Gasteiger partial charge in [-0.3, -0.25) is 9.59 Å². The summed E-state index contributed by atoms with van der Waals surface area (Å²) < 4.78 is 13.1. The van der Waals surface area contributed by atoms with Crippen LogP contribution in [0.25, 0.3) is 5.69 Å². The van der Waals surface area contributed by atoms with Gasteiger partial charge in [-0.15, -0.1) is 0 Å². The lowest BCUT2D eigenvalue weighted by atomic mass is 9.92. The molecule has 2 heterocycles. The number of hydrogen-bond donors (Lipinski definition) is 2. The molecule has 1 aliphatic heterocycles. The van der Waals surface area contributed by atoms with Crippen LogP contribution in [0.15, 0.2) is 67.3 Å². The Balaban J connectivity index is 1.31. The zero-order chi connectivity index (χ0) is 22.2. The number of hydrogen-bond acceptors (Lipinski definition) is 6. The first-order valence-electron chi connectivity index (χ1n) is 10.4. The van der Waals surface area contributed by atoms with Crippen molar-refractivity contribution in [3.05, 3.63) is 72.8 Å². The van der Waals surface area contributed by atoms with Crippen molar-refractivity contribution < 1.29 is 19.1 Å². The van der Waals surface area contributed by atoms with E-state index in [2.05, 4.69) is 20.7 Å². The Hall–Kier alpha value is -3.56. The smallest absolute Gasteiger partial charge is 0.252 e. The van der Waals surface area contributed by atoms with Gasteiger partial charge < -0.3 is 20.1 Å². The van der Waals surface area contributed by atoms with Gasteiger partial charge in [0.05, 0.1) is 18.8 Å². The van der Waals surface area contributed by atoms with Crippen molar-refractivity contribution in [3.63, 3.8) is 0 Å². The molecule has 0 unspecified atom stereocenters. The van der Waals surface area contributed by atoms with E-state index in [1.54, 1.807) is 23.1 Å². The van der Waals surface area contributed by atoms with Gasteiger partial charge in [0, 0.05) is 31.7 Å². The molecule has 0 spiro atoms. The molecule has 9 heteroatoms. The second-order valence-electron chi connectivity index (χ2n) is 7.50. The highest BCUT2D eigenvalue weighted by Crippen LogP contribution is 2.27. The second-order valence-corrected chi connectivity index (χ2v) is 7.50. The number of carbonyl (C=O) groups excluding carboxylic acids is 2. The highest BCUT2D eigenvalue weighted by atomic mass is 16.5. The topological polar surface area (TPSA) is 107 Å². The Bertz CT molecular complexity index is 1020. The van der Waals surface area contributed by atoms with Gasteiger partial charge >= 0.3 is 0 Å². The molecule has 2 amide bonds. The molecule has 0 atom stereocenters. The average Bonchev–Trinajstić information content (AvgIpc) is 3.38. The maximum Gasteiger partial charge on any atom is 0.252 e. The van der Waals surface area contributed by atoms with Crippen LogP contribution in [-0.2, 0) is 25.7 Å². The fraction of sp³-hybridized carbons (Fsp3) is 0.304. The van der Waals surface area contributed by atoms with Gasteiger partial charge in [0.1, 0.15) is 12.7 Å². The lowest BCUT2D eigenvalue weighted by Crippen LogP contribution is -2.53. The van der Waals surface area contributed by atoms with Crippen LogP contribution >= 0.6 is 0 Å². The number of ether oxygens (including phenoxy) is 2. The third-order valence-corrected chi connectivity index (χ3v) is 5.32.